The van der Waals surface area contributed by atoms with Crippen molar-refractivity contribution >= 4 is 6.09 Å². The predicted molar refractivity (Wildman–Crippen MR) is 69.2 cm³/mol. The summed E-state index contributed by atoms with van der Waals surface area (Å²) in [6.07, 6.45) is -0.945. The van der Waals surface area contributed by atoms with Crippen LogP contribution in [-0.4, -0.2) is 21.6 Å². The number of hydrogen-bond donors (Lipinski definition) is 1. The molecule has 0 fully saturated rings. The van der Waals surface area contributed by atoms with Gasteiger partial charge in [0.05, 0.1) is 17.7 Å². The van der Waals surface area contributed by atoms with Gasteiger partial charge in [-0.1, -0.05) is 12.1 Å². The van der Waals surface area contributed by atoms with Crippen LogP contribution in [0.25, 0.3) is 0 Å². The largest absolute Gasteiger partial charge is 0.465 e. The summed E-state index contributed by atoms with van der Waals surface area (Å²) in [5.74, 6) is 0. The summed E-state index contributed by atoms with van der Waals surface area (Å²) in [7, 11) is 0. The minimum absolute atomic E-state index is 0.254. The van der Waals surface area contributed by atoms with Crippen LogP contribution >= 0.6 is 0 Å². The normalized spacial score (nSPS) is 12.6. The van der Waals surface area contributed by atoms with Crippen molar-refractivity contribution in [2.45, 2.75) is 39.3 Å². The Kier molecular flexibility index (Phi) is 3.97. The van der Waals surface area contributed by atoms with E-state index in [0.29, 0.717) is 5.56 Å². The second-order valence-corrected chi connectivity index (χ2v) is 5.23. The van der Waals surface area contributed by atoms with Gasteiger partial charge in [-0.2, -0.15) is 5.26 Å². The van der Waals surface area contributed by atoms with Gasteiger partial charge in [0.15, 0.2) is 0 Å². The third-order valence-corrected chi connectivity index (χ3v) is 2.84. The number of hydrogen-bond acceptors (Lipinski definition) is 2. The van der Waals surface area contributed by atoms with Crippen molar-refractivity contribution in [3.8, 4) is 6.07 Å². The maximum Gasteiger partial charge on any atom is 0.408 e. The first-order valence-corrected chi connectivity index (χ1v) is 5.79. The lowest BCUT2D eigenvalue weighted by atomic mass is 9.99. The fraction of sp³-hybridized carbons (Fsp3) is 0.429. The summed E-state index contributed by atoms with van der Waals surface area (Å²) in [6, 6.07) is 8.79. The van der Waals surface area contributed by atoms with Crippen molar-refractivity contribution < 1.29 is 9.90 Å². The van der Waals surface area contributed by atoms with Crippen molar-refractivity contribution in [1.82, 2.24) is 4.90 Å². The highest BCUT2D eigenvalue weighted by atomic mass is 16.4. The molecule has 0 saturated heterocycles. The SMILES string of the molecule is C[C@H](c1ccc(C#N)cc1)N(C(=O)O)C(C)(C)C. The number of nitrogens with zero attached hydrogens (tertiary/aromatic N) is 2. The summed E-state index contributed by atoms with van der Waals surface area (Å²) in [4.78, 5) is 12.8. The number of carbonyl (C=O) groups is 1. The van der Waals surface area contributed by atoms with E-state index in [1.807, 2.05) is 33.8 Å². The van der Waals surface area contributed by atoms with Gasteiger partial charge in [0, 0.05) is 5.54 Å². The van der Waals surface area contributed by atoms with Crippen molar-refractivity contribution in [2.75, 3.05) is 0 Å². The van der Waals surface area contributed by atoms with Gasteiger partial charge >= 0.3 is 6.09 Å². The Morgan fingerprint density at radius 3 is 2.17 bits per heavy atom. The van der Waals surface area contributed by atoms with Gasteiger partial charge in [-0.05, 0) is 45.4 Å². The highest BCUT2D eigenvalue weighted by Crippen LogP contribution is 2.28. The third-order valence-electron chi connectivity index (χ3n) is 2.84. The van der Waals surface area contributed by atoms with Gasteiger partial charge in [0.2, 0.25) is 0 Å². The minimum Gasteiger partial charge on any atom is -0.465 e. The maximum atomic E-state index is 11.4. The molecule has 96 valence electrons. The van der Waals surface area contributed by atoms with Crippen LogP contribution in [0.3, 0.4) is 0 Å². The Balaban J connectivity index is 3.07. The summed E-state index contributed by atoms with van der Waals surface area (Å²) in [5.41, 5.74) is 0.981. The molecule has 18 heavy (non-hydrogen) atoms. The van der Waals surface area contributed by atoms with Crippen LogP contribution in [0.4, 0.5) is 4.79 Å². The van der Waals surface area contributed by atoms with Crippen LogP contribution in [-0.2, 0) is 0 Å². The molecule has 0 bridgehead atoms. The Hall–Kier alpha value is -2.02. The molecule has 0 spiro atoms. The average molecular weight is 246 g/mol. The molecular formula is C14H18N2O2. The number of benzene rings is 1. The smallest absolute Gasteiger partial charge is 0.408 e. The minimum atomic E-state index is -0.945. The van der Waals surface area contributed by atoms with Crippen LogP contribution in [0.15, 0.2) is 24.3 Å². The quantitative estimate of drug-likeness (QED) is 0.869. The van der Waals surface area contributed by atoms with Crippen LogP contribution in [0.5, 0.6) is 0 Å². The Morgan fingerprint density at radius 1 is 1.33 bits per heavy atom. The van der Waals surface area contributed by atoms with E-state index in [0.717, 1.165) is 5.56 Å². The van der Waals surface area contributed by atoms with Crippen LogP contribution in [0, 0.1) is 11.3 Å². The van der Waals surface area contributed by atoms with E-state index in [2.05, 4.69) is 0 Å². The second kappa shape index (κ2) is 5.09. The Morgan fingerprint density at radius 2 is 1.83 bits per heavy atom. The molecule has 1 aromatic carbocycles. The molecule has 0 radical (unpaired) electrons. The van der Waals surface area contributed by atoms with Crippen molar-refractivity contribution in [3.05, 3.63) is 35.4 Å². The molecule has 0 aliphatic heterocycles. The van der Waals surface area contributed by atoms with Gasteiger partial charge in [-0.3, -0.25) is 4.90 Å². The van der Waals surface area contributed by atoms with Crippen LogP contribution < -0.4 is 0 Å². The highest BCUT2D eigenvalue weighted by Gasteiger charge is 2.31. The molecule has 1 atom stereocenters. The van der Waals surface area contributed by atoms with E-state index in [1.54, 1.807) is 24.3 Å². The zero-order chi connectivity index (χ0) is 13.9. The topological polar surface area (TPSA) is 64.3 Å². The molecule has 1 amide bonds. The molecule has 1 rings (SSSR count). The first kappa shape index (κ1) is 14.0. The summed E-state index contributed by atoms with van der Waals surface area (Å²) in [5, 5.41) is 18.1. The number of nitriles is 1. The summed E-state index contributed by atoms with van der Waals surface area (Å²) in [6.45, 7) is 7.44. The Labute approximate surface area is 107 Å². The first-order chi connectivity index (χ1) is 8.27. The molecule has 0 aromatic heterocycles. The predicted octanol–water partition coefficient (Wildman–Crippen LogP) is 3.40. The van der Waals surface area contributed by atoms with E-state index >= 15 is 0 Å². The lowest BCUT2D eigenvalue weighted by Gasteiger charge is -2.38. The Bertz CT molecular complexity index is 466. The molecule has 0 unspecified atom stereocenters. The summed E-state index contributed by atoms with van der Waals surface area (Å²) < 4.78 is 0. The lowest BCUT2D eigenvalue weighted by molar-refractivity contribution is 0.0753. The van der Waals surface area contributed by atoms with E-state index in [9.17, 15) is 9.90 Å². The maximum absolute atomic E-state index is 11.4. The number of rotatable bonds is 2. The molecule has 4 nitrogen and oxygen atoms in total. The fourth-order valence-electron chi connectivity index (χ4n) is 2.02. The zero-order valence-electron chi connectivity index (χ0n) is 11.1. The molecule has 1 aromatic rings. The molecule has 4 heteroatoms. The number of carboxylic acid groups (broad SMARTS) is 1. The van der Waals surface area contributed by atoms with Gasteiger partial charge in [-0.25, -0.2) is 4.79 Å². The van der Waals surface area contributed by atoms with E-state index in [1.165, 1.54) is 4.90 Å². The first-order valence-electron chi connectivity index (χ1n) is 5.79. The second-order valence-electron chi connectivity index (χ2n) is 5.23. The van der Waals surface area contributed by atoms with Gasteiger partial charge in [0.25, 0.3) is 0 Å². The van der Waals surface area contributed by atoms with E-state index < -0.39 is 11.6 Å². The zero-order valence-corrected chi connectivity index (χ0v) is 11.1. The molecule has 0 heterocycles. The molecule has 0 saturated carbocycles. The monoisotopic (exact) mass is 246 g/mol. The van der Waals surface area contributed by atoms with Gasteiger partial charge in [-0.15, -0.1) is 0 Å². The standard InChI is InChI=1S/C14H18N2O2/c1-10(16(13(17)18)14(2,3)4)12-7-5-11(9-15)6-8-12/h5-8,10H,1-4H3,(H,17,18)/t10-/m1/s1. The van der Waals surface area contributed by atoms with Crippen molar-refractivity contribution in [1.29, 1.82) is 5.26 Å². The fourth-order valence-corrected chi connectivity index (χ4v) is 2.02. The van der Waals surface area contributed by atoms with E-state index in [4.69, 9.17) is 5.26 Å². The van der Waals surface area contributed by atoms with Crippen LogP contribution in [0.2, 0.25) is 0 Å². The molecule has 0 aliphatic carbocycles. The summed E-state index contributed by atoms with van der Waals surface area (Å²) >= 11 is 0. The molecule has 0 aliphatic rings. The highest BCUT2D eigenvalue weighted by molar-refractivity contribution is 5.66. The van der Waals surface area contributed by atoms with E-state index in [-0.39, 0.29) is 6.04 Å². The average Bonchev–Trinajstić information content (AvgIpc) is 2.26. The van der Waals surface area contributed by atoms with Gasteiger partial charge < -0.3 is 5.11 Å². The van der Waals surface area contributed by atoms with Crippen molar-refractivity contribution in [2.24, 2.45) is 0 Å². The van der Waals surface area contributed by atoms with Crippen molar-refractivity contribution in [3.63, 3.8) is 0 Å². The number of amides is 1. The van der Waals surface area contributed by atoms with Crippen LogP contribution in [0.1, 0.15) is 44.9 Å². The third kappa shape index (κ3) is 3.01. The molecule has 1 N–H and O–H groups in total. The lowest BCUT2D eigenvalue weighted by Crippen LogP contribution is -2.46. The van der Waals surface area contributed by atoms with Gasteiger partial charge in [0.1, 0.15) is 0 Å². The molecular weight excluding hydrogens is 228 g/mol.